The molecular formula is C15H14N2O6S. The number of hydrogen-bond acceptors (Lipinski definition) is 7. The molecule has 3 amide bonds. The van der Waals surface area contributed by atoms with E-state index < -0.39 is 29.6 Å². The summed E-state index contributed by atoms with van der Waals surface area (Å²) in [6, 6.07) is 6.52. The third kappa shape index (κ3) is 4.35. The van der Waals surface area contributed by atoms with Gasteiger partial charge in [-0.1, -0.05) is 12.1 Å². The Balaban J connectivity index is 2.08. The first-order valence-corrected chi connectivity index (χ1v) is 7.55. The van der Waals surface area contributed by atoms with Crippen LogP contribution in [0, 0.1) is 0 Å². The average molecular weight is 350 g/mol. The number of rotatable bonds is 6. The number of carbonyl (C=O) groups excluding carboxylic acids is 4. The Labute approximate surface area is 141 Å². The SMILES string of the molecule is COC(=O)CN1C(=O)SC(=Cc2ccc(OCC(N)=O)cc2)C1=O. The first kappa shape index (κ1) is 17.5. The first-order valence-electron chi connectivity index (χ1n) is 6.74. The number of nitrogens with zero attached hydrogens (tertiary/aromatic N) is 1. The van der Waals surface area contributed by atoms with Gasteiger partial charge in [0, 0.05) is 0 Å². The van der Waals surface area contributed by atoms with Gasteiger partial charge in [-0.2, -0.15) is 0 Å². The molecule has 1 aliphatic heterocycles. The van der Waals surface area contributed by atoms with Crippen LogP contribution in [0.25, 0.3) is 6.08 Å². The molecule has 0 unspecified atom stereocenters. The largest absolute Gasteiger partial charge is 0.484 e. The lowest BCUT2D eigenvalue weighted by Gasteiger charge is -2.09. The number of esters is 1. The summed E-state index contributed by atoms with van der Waals surface area (Å²) in [5.41, 5.74) is 5.64. The van der Waals surface area contributed by atoms with Crippen molar-refractivity contribution in [2.45, 2.75) is 0 Å². The molecule has 1 fully saturated rings. The topological polar surface area (TPSA) is 116 Å². The van der Waals surface area contributed by atoms with Gasteiger partial charge in [0.25, 0.3) is 17.1 Å². The smallest absolute Gasteiger partial charge is 0.325 e. The van der Waals surface area contributed by atoms with Gasteiger partial charge in [-0.15, -0.1) is 0 Å². The molecule has 1 aromatic carbocycles. The Hall–Kier alpha value is -2.81. The molecular weight excluding hydrogens is 336 g/mol. The summed E-state index contributed by atoms with van der Waals surface area (Å²) in [6.07, 6.45) is 1.53. The normalized spacial score (nSPS) is 15.7. The summed E-state index contributed by atoms with van der Waals surface area (Å²) in [5, 5.41) is -0.530. The van der Waals surface area contributed by atoms with Crippen molar-refractivity contribution < 1.29 is 28.7 Å². The zero-order chi connectivity index (χ0) is 17.7. The maximum atomic E-state index is 12.1. The number of benzene rings is 1. The zero-order valence-corrected chi connectivity index (χ0v) is 13.5. The highest BCUT2D eigenvalue weighted by atomic mass is 32.2. The fourth-order valence-corrected chi connectivity index (χ4v) is 2.63. The van der Waals surface area contributed by atoms with Crippen LogP contribution in [0.2, 0.25) is 0 Å². The molecule has 1 aliphatic rings. The van der Waals surface area contributed by atoms with E-state index in [1.807, 2.05) is 0 Å². The first-order chi connectivity index (χ1) is 11.4. The fourth-order valence-electron chi connectivity index (χ4n) is 1.80. The van der Waals surface area contributed by atoms with Crippen molar-refractivity contribution >= 4 is 40.9 Å². The average Bonchev–Trinajstić information content (AvgIpc) is 2.81. The lowest BCUT2D eigenvalue weighted by molar-refractivity contribution is -0.143. The molecule has 8 nitrogen and oxygen atoms in total. The van der Waals surface area contributed by atoms with E-state index in [0.717, 1.165) is 16.7 Å². The van der Waals surface area contributed by atoms with Gasteiger partial charge in [0.1, 0.15) is 12.3 Å². The summed E-state index contributed by atoms with van der Waals surface area (Å²) in [4.78, 5) is 46.8. The monoisotopic (exact) mass is 350 g/mol. The molecule has 1 saturated heterocycles. The summed E-state index contributed by atoms with van der Waals surface area (Å²) < 4.78 is 9.58. The van der Waals surface area contributed by atoms with Gasteiger partial charge in [-0.05, 0) is 35.5 Å². The Kier molecular flexibility index (Phi) is 5.59. The van der Waals surface area contributed by atoms with E-state index in [-0.39, 0.29) is 11.5 Å². The third-order valence-corrected chi connectivity index (χ3v) is 3.85. The van der Waals surface area contributed by atoms with Crippen LogP contribution in [0.4, 0.5) is 4.79 Å². The predicted octanol–water partition coefficient (Wildman–Crippen LogP) is 0.760. The molecule has 126 valence electrons. The highest BCUT2D eigenvalue weighted by Gasteiger charge is 2.36. The second-order valence-electron chi connectivity index (χ2n) is 4.67. The number of ether oxygens (including phenoxy) is 2. The molecule has 2 rings (SSSR count). The van der Waals surface area contributed by atoms with Crippen molar-refractivity contribution in [2.75, 3.05) is 20.3 Å². The number of nitrogens with two attached hydrogens (primary N) is 1. The highest BCUT2D eigenvalue weighted by molar-refractivity contribution is 8.18. The summed E-state index contributed by atoms with van der Waals surface area (Å²) >= 11 is 0.746. The van der Waals surface area contributed by atoms with Gasteiger partial charge in [-0.25, -0.2) is 0 Å². The summed E-state index contributed by atoms with van der Waals surface area (Å²) in [5.74, 6) is -1.36. The van der Waals surface area contributed by atoms with E-state index in [4.69, 9.17) is 10.5 Å². The minimum Gasteiger partial charge on any atom is -0.484 e. The number of methoxy groups -OCH3 is 1. The number of imide groups is 1. The van der Waals surface area contributed by atoms with Crippen LogP contribution in [-0.2, 0) is 19.1 Å². The van der Waals surface area contributed by atoms with E-state index in [0.29, 0.717) is 11.3 Å². The second-order valence-corrected chi connectivity index (χ2v) is 5.66. The second kappa shape index (κ2) is 7.64. The van der Waals surface area contributed by atoms with Crippen LogP contribution < -0.4 is 10.5 Å². The Morgan fingerprint density at radius 1 is 1.25 bits per heavy atom. The molecule has 0 spiro atoms. The van der Waals surface area contributed by atoms with E-state index >= 15 is 0 Å². The van der Waals surface area contributed by atoms with Crippen molar-refractivity contribution in [3.63, 3.8) is 0 Å². The molecule has 0 bridgehead atoms. The molecule has 9 heteroatoms. The lowest BCUT2D eigenvalue weighted by atomic mass is 10.2. The molecule has 2 N–H and O–H groups in total. The van der Waals surface area contributed by atoms with Crippen LogP contribution in [0.1, 0.15) is 5.56 Å². The molecule has 0 radical (unpaired) electrons. The van der Waals surface area contributed by atoms with Gasteiger partial charge < -0.3 is 15.2 Å². The molecule has 24 heavy (non-hydrogen) atoms. The van der Waals surface area contributed by atoms with E-state index in [1.165, 1.54) is 13.2 Å². The minimum atomic E-state index is -0.672. The molecule has 1 aromatic rings. The number of primary amides is 1. The van der Waals surface area contributed by atoms with Crippen LogP contribution >= 0.6 is 11.8 Å². The highest BCUT2D eigenvalue weighted by Crippen LogP contribution is 2.32. The van der Waals surface area contributed by atoms with Gasteiger partial charge >= 0.3 is 5.97 Å². The van der Waals surface area contributed by atoms with Crippen LogP contribution in [0.15, 0.2) is 29.2 Å². The molecule has 0 atom stereocenters. The quantitative estimate of drug-likeness (QED) is 0.595. The maximum absolute atomic E-state index is 12.1. The zero-order valence-electron chi connectivity index (χ0n) is 12.7. The van der Waals surface area contributed by atoms with Gasteiger partial charge in [0.2, 0.25) is 0 Å². The van der Waals surface area contributed by atoms with E-state index in [1.54, 1.807) is 24.3 Å². The predicted molar refractivity (Wildman–Crippen MR) is 85.8 cm³/mol. The molecule has 0 saturated carbocycles. The Morgan fingerprint density at radius 3 is 2.50 bits per heavy atom. The Morgan fingerprint density at radius 2 is 1.92 bits per heavy atom. The Bertz CT molecular complexity index is 713. The lowest BCUT2D eigenvalue weighted by Crippen LogP contribution is -2.34. The number of hydrogen-bond donors (Lipinski definition) is 1. The van der Waals surface area contributed by atoms with Gasteiger partial charge in [-0.3, -0.25) is 24.1 Å². The van der Waals surface area contributed by atoms with Crippen molar-refractivity contribution in [1.82, 2.24) is 4.90 Å². The van der Waals surface area contributed by atoms with Crippen molar-refractivity contribution in [1.29, 1.82) is 0 Å². The van der Waals surface area contributed by atoms with Crippen LogP contribution in [0.3, 0.4) is 0 Å². The van der Waals surface area contributed by atoms with Gasteiger partial charge in [0.15, 0.2) is 6.61 Å². The van der Waals surface area contributed by atoms with E-state index in [9.17, 15) is 19.2 Å². The molecule has 0 aliphatic carbocycles. The minimum absolute atomic E-state index is 0.203. The number of amides is 3. The standard InChI is InChI=1S/C15H14N2O6S/c1-22-13(19)7-17-14(20)11(24-15(17)21)6-9-2-4-10(5-3-9)23-8-12(16)18/h2-6H,7-8H2,1H3,(H2,16,18). The third-order valence-electron chi connectivity index (χ3n) is 2.95. The molecule has 0 aromatic heterocycles. The van der Waals surface area contributed by atoms with Crippen molar-refractivity contribution in [3.05, 3.63) is 34.7 Å². The van der Waals surface area contributed by atoms with E-state index in [2.05, 4.69) is 4.74 Å². The maximum Gasteiger partial charge on any atom is 0.325 e. The summed E-state index contributed by atoms with van der Waals surface area (Å²) in [7, 11) is 1.18. The summed E-state index contributed by atoms with van der Waals surface area (Å²) in [6.45, 7) is -0.649. The van der Waals surface area contributed by atoms with Crippen molar-refractivity contribution in [3.8, 4) is 5.75 Å². The van der Waals surface area contributed by atoms with Crippen LogP contribution in [-0.4, -0.2) is 48.2 Å². The molecule has 1 heterocycles. The van der Waals surface area contributed by atoms with Crippen molar-refractivity contribution in [2.24, 2.45) is 5.73 Å². The number of thioether (sulfide) groups is 1. The number of carbonyl (C=O) groups is 4. The fraction of sp³-hybridized carbons (Fsp3) is 0.200. The van der Waals surface area contributed by atoms with Gasteiger partial charge in [0.05, 0.1) is 12.0 Å². The van der Waals surface area contributed by atoms with Crippen LogP contribution in [0.5, 0.6) is 5.75 Å².